The fourth-order valence-electron chi connectivity index (χ4n) is 2.46. The summed E-state index contributed by atoms with van der Waals surface area (Å²) in [6, 6.07) is 9.04. The van der Waals surface area contributed by atoms with E-state index in [4.69, 9.17) is 10.00 Å². The van der Waals surface area contributed by atoms with E-state index in [1.807, 2.05) is 20.8 Å². The lowest BCUT2D eigenvalue weighted by Crippen LogP contribution is -2.28. The summed E-state index contributed by atoms with van der Waals surface area (Å²) in [7, 11) is 0. The van der Waals surface area contributed by atoms with Gasteiger partial charge in [0.1, 0.15) is 18.0 Å². The van der Waals surface area contributed by atoms with Crippen LogP contribution in [0.3, 0.4) is 0 Å². The largest absolute Gasteiger partial charge is 0.453 e. The molecule has 0 aliphatic carbocycles. The Morgan fingerprint density at radius 1 is 1.25 bits per heavy atom. The number of aromatic nitrogens is 2. The molecule has 0 radical (unpaired) electrons. The van der Waals surface area contributed by atoms with Crippen LogP contribution in [0.4, 0.5) is 0 Å². The van der Waals surface area contributed by atoms with Gasteiger partial charge < -0.3 is 10.1 Å². The Morgan fingerprint density at radius 3 is 2.50 bits per heavy atom. The zero-order valence-corrected chi connectivity index (χ0v) is 14.3. The van der Waals surface area contributed by atoms with E-state index in [1.165, 1.54) is 0 Å². The maximum Gasteiger partial charge on any atom is 0.241 e. The summed E-state index contributed by atoms with van der Waals surface area (Å²) >= 11 is 0. The van der Waals surface area contributed by atoms with Gasteiger partial charge in [0, 0.05) is 6.54 Å². The van der Waals surface area contributed by atoms with Crippen molar-refractivity contribution in [3.8, 4) is 17.6 Å². The third-order valence-electron chi connectivity index (χ3n) is 3.62. The molecule has 6 nitrogen and oxygen atoms in total. The molecule has 0 atom stereocenters. The third-order valence-corrected chi connectivity index (χ3v) is 3.62. The highest BCUT2D eigenvalue weighted by molar-refractivity contribution is 5.75. The van der Waals surface area contributed by atoms with Gasteiger partial charge in [0.25, 0.3) is 0 Å². The number of nitrogens with one attached hydrogen (secondary N) is 1. The predicted octanol–water partition coefficient (Wildman–Crippen LogP) is 2.81. The molecule has 0 fully saturated rings. The van der Waals surface area contributed by atoms with Gasteiger partial charge in [0.2, 0.25) is 5.91 Å². The zero-order chi connectivity index (χ0) is 17.5. The normalized spacial score (nSPS) is 10.2. The molecule has 126 valence electrons. The topological polar surface area (TPSA) is 79.9 Å². The molecule has 0 saturated heterocycles. The highest BCUT2D eigenvalue weighted by Gasteiger charge is 2.19. The molecule has 2 aromatic rings. The molecule has 0 saturated carbocycles. The van der Waals surface area contributed by atoms with E-state index in [1.54, 1.807) is 28.9 Å². The highest BCUT2D eigenvalue weighted by Crippen LogP contribution is 2.30. The van der Waals surface area contributed by atoms with Crippen LogP contribution in [0.5, 0.6) is 11.5 Å². The Kier molecular flexibility index (Phi) is 5.96. The number of rotatable bonds is 7. The van der Waals surface area contributed by atoms with Crippen molar-refractivity contribution in [1.29, 1.82) is 5.26 Å². The van der Waals surface area contributed by atoms with Crippen molar-refractivity contribution in [2.24, 2.45) is 0 Å². The van der Waals surface area contributed by atoms with E-state index >= 15 is 0 Å². The minimum absolute atomic E-state index is 0.0673. The van der Waals surface area contributed by atoms with Crippen LogP contribution < -0.4 is 10.1 Å². The average molecular weight is 326 g/mol. The quantitative estimate of drug-likeness (QED) is 0.848. The van der Waals surface area contributed by atoms with Gasteiger partial charge in [-0.15, -0.1) is 0 Å². The Labute approximate surface area is 142 Å². The lowest BCUT2D eigenvalue weighted by molar-refractivity contribution is -0.121. The Hall–Kier alpha value is -2.81. The van der Waals surface area contributed by atoms with Gasteiger partial charge in [0.05, 0.1) is 17.3 Å². The number of nitrogens with zero attached hydrogens (tertiary/aromatic N) is 3. The first-order valence-electron chi connectivity index (χ1n) is 8.16. The molecule has 0 aliphatic heterocycles. The molecule has 6 heteroatoms. The SMILES string of the molecule is CCNC(=O)Cn1nc(CC)c(Oc2ccc(C#N)cc2)c1CC. The first-order valence-corrected chi connectivity index (χ1v) is 8.16. The summed E-state index contributed by atoms with van der Waals surface area (Å²) in [5.41, 5.74) is 2.30. The lowest BCUT2D eigenvalue weighted by atomic mass is 10.2. The summed E-state index contributed by atoms with van der Waals surface area (Å²) < 4.78 is 7.73. The molecule has 1 N–H and O–H groups in total. The molecule has 0 bridgehead atoms. The molecule has 0 spiro atoms. The third kappa shape index (κ3) is 3.93. The molecule has 1 aromatic carbocycles. The minimum atomic E-state index is -0.0673. The van der Waals surface area contributed by atoms with Crippen LogP contribution in [0.25, 0.3) is 0 Å². The van der Waals surface area contributed by atoms with Crippen LogP contribution in [0, 0.1) is 11.3 Å². The van der Waals surface area contributed by atoms with Crippen LogP contribution >= 0.6 is 0 Å². The summed E-state index contributed by atoms with van der Waals surface area (Å²) in [6.45, 7) is 6.68. The van der Waals surface area contributed by atoms with Crippen molar-refractivity contribution < 1.29 is 9.53 Å². The van der Waals surface area contributed by atoms with E-state index in [9.17, 15) is 4.79 Å². The maximum absolute atomic E-state index is 11.9. The van der Waals surface area contributed by atoms with Crippen LogP contribution in [0.1, 0.15) is 37.7 Å². The van der Waals surface area contributed by atoms with E-state index in [0.717, 1.165) is 11.4 Å². The first-order chi connectivity index (χ1) is 11.6. The summed E-state index contributed by atoms with van der Waals surface area (Å²) in [5.74, 6) is 1.28. The lowest BCUT2D eigenvalue weighted by Gasteiger charge is -2.09. The number of likely N-dealkylation sites (N-methyl/N-ethyl adjacent to an activating group) is 1. The molecule has 0 aliphatic rings. The van der Waals surface area contributed by atoms with Crippen molar-refractivity contribution in [2.45, 2.75) is 40.2 Å². The minimum Gasteiger partial charge on any atom is -0.453 e. The van der Waals surface area contributed by atoms with Crippen LogP contribution in [0.15, 0.2) is 24.3 Å². The van der Waals surface area contributed by atoms with Gasteiger partial charge >= 0.3 is 0 Å². The van der Waals surface area contributed by atoms with Crippen molar-refractivity contribution in [3.05, 3.63) is 41.2 Å². The molecule has 24 heavy (non-hydrogen) atoms. The molecular weight excluding hydrogens is 304 g/mol. The Bertz CT molecular complexity index is 742. The molecule has 1 amide bonds. The van der Waals surface area contributed by atoms with Crippen LogP contribution in [0.2, 0.25) is 0 Å². The number of benzene rings is 1. The number of hydrogen-bond acceptors (Lipinski definition) is 4. The van der Waals surface area contributed by atoms with Crippen molar-refractivity contribution in [3.63, 3.8) is 0 Å². The van der Waals surface area contributed by atoms with Gasteiger partial charge in [0.15, 0.2) is 5.75 Å². The number of aryl methyl sites for hydroxylation is 1. The van der Waals surface area contributed by atoms with Gasteiger partial charge in [-0.2, -0.15) is 10.4 Å². The molecule has 0 unspecified atom stereocenters. The number of amides is 1. The van der Waals surface area contributed by atoms with E-state index in [2.05, 4.69) is 16.5 Å². The first kappa shape index (κ1) is 17.5. The molecular formula is C18H22N4O2. The van der Waals surface area contributed by atoms with Crippen molar-refractivity contribution >= 4 is 5.91 Å². The molecule has 1 heterocycles. The highest BCUT2D eigenvalue weighted by atomic mass is 16.5. The average Bonchev–Trinajstić information content (AvgIpc) is 2.92. The zero-order valence-electron chi connectivity index (χ0n) is 14.3. The Balaban J connectivity index is 2.31. The molecule has 2 rings (SSSR count). The second-order valence-corrected chi connectivity index (χ2v) is 5.28. The summed E-state index contributed by atoms with van der Waals surface area (Å²) in [5, 5.41) is 16.2. The fourth-order valence-corrected chi connectivity index (χ4v) is 2.46. The van der Waals surface area contributed by atoms with Crippen molar-refractivity contribution in [1.82, 2.24) is 15.1 Å². The number of hydrogen-bond donors (Lipinski definition) is 1. The summed E-state index contributed by atoms with van der Waals surface area (Å²) in [4.78, 5) is 11.9. The van der Waals surface area contributed by atoms with Gasteiger partial charge in [-0.1, -0.05) is 13.8 Å². The second-order valence-electron chi connectivity index (χ2n) is 5.28. The fraction of sp³-hybridized carbons (Fsp3) is 0.389. The monoisotopic (exact) mass is 326 g/mol. The second kappa shape index (κ2) is 8.16. The van der Waals surface area contributed by atoms with E-state index in [0.29, 0.717) is 36.4 Å². The smallest absolute Gasteiger partial charge is 0.241 e. The van der Waals surface area contributed by atoms with E-state index in [-0.39, 0.29) is 12.5 Å². The summed E-state index contributed by atoms with van der Waals surface area (Å²) in [6.07, 6.45) is 1.42. The maximum atomic E-state index is 11.9. The van der Waals surface area contributed by atoms with E-state index < -0.39 is 0 Å². The van der Waals surface area contributed by atoms with Gasteiger partial charge in [-0.05, 0) is 44.0 Å². The number of ether oxygens (including phenoxy) is 1. The van der Waals surface area contributed by atoms with Gasteiger partial charge in [-0.3, -0.25) is 9.48 Å². The van der Waals surface area contributed by atoms with Crippen molar-refractivity contribution in [2.75, 3.05) is 6.54 Å². The van der Waals surface area contributed by atoms with Crippen LogP contribution in [-0.4, -0.2) is 22.2 Å². The number of carbonyl (C=O) groups excluding carboxylic acids is 1. The molecule has 1 aromatic heterocycles. The standard InChI is InChI=1S/C18H22N4O2/c1-4-15-18(24-14-9-7-13(11-19)8-10-14)16(5-2)22(21-15)12-17(23)20-6-3/h7-10H,4-6,12H2,1-3H3,(H,20,23). The number of carbonyl (C=O) groups is 1. The number of nitriles is 1. The Morgan fingerprint density at radius 2 is 1.96 bits per heavy atom. The van der Waals surface area contributed by atoms with Crippen LogP contribution in [-0.2, 0) is 24.2 Å². The predicted molar refractivity (Wildman–Crippen MR) is 90.9 cm³/mol. The van der Waals surface area contributed by atoms with Gasteiger partial charge in [-0.25, -0.2) is 0 Å².